The molecule has 184 valence electrons. The standard InChI is InChI=1S/C20H38O11/c1-2-31-20(23)4-6-25-8-10-27-12-14-29-16-18-30-17-15-28-13-11-26-9-7-24-5-3-19(21)22/h2-18H2,1H3,(H,21,22). The van der Waals surface area contributed by atoms with Crippen LogP contribution in [0.2, 0.25) is 0 Å². The fourth-order valence-electron chi connectivity index (χ4n) is 1.97. The van der Waals surface area contributed by atoms with E-state index >= 15 is 0 Å². The molecule has 0 aliphatic carbocycles. The highest BCUT2D eigenvalue weighted by molar-refractivity contribution is 5.69. The third-order valence-electron chi connectivity index (χ3n) is 3.45. The summed E-state index contributed by atoms with van der Waals surface area (Å²) in [6.45, 7) is 8.06. The first-order chi connectivity index (χ1) is 15.2. The second kappa shape index (κ2) is 24.9. The zero-order valence-corrected chi connectivity index (χ0v) is 18.6. The van der Waals surface area contributed by atoms with Crippen molar-refractivity contribution in [3.63, 3.8) is 0 Å². The molecule has 0 amide bonds. The van der Waals surface area contributed by atoms with Crippen LogP contribution in [0.1, 0.15) is 19.8 Å². The number of hydrogen-bond acceptors (Lipinski definition) is 10. The molecule has 31 heavy (non-hydrogen) atoms. The van der Waals surface area contributed by atoms with Gasteiger partial charge in [0, 0.05) is 0 Å². The summed E-state index contributed by atoms with van der Waals surface area (Å²) in [6.07, 6.45) is 0.251. The average Bonchev–Trinajstić information content (AvgIpc) is 2.74. The lowest BCUT2D eigenvalue weighted by Crippen LogP contribution is -2.15. The Morgan fingerprint density at radius 1 is 0.516 bits per heavy atom. The van der Waals surface area contributed by atoms with Gasteiger partial charge in [0.25, 0.3) is 0 Å². The number of ether oxygens (including phenoxy) is 8. The van der Waals surface area contributed by atoms with E-state index in [1.54, 1.807) is 6.92 Å². The summed E-state index contributed by atoms with van der Waals surface area (Å²) in [6, 6.07) is 0. The third kappa shape index (κ3) is 26.6. The Labute approximate surface area is 184 Å². The molecule has 0 aromatic rings. The second-order valence-electron chi connectivity index (χ2n) is 5.99. The number of esters is 1. The van der Waals surface area contributed by atoms with Gasteiger partial charge in [-0.3, -0.25) is 9.59 Å². The van der Waals surface area contributed by atoms with Crippen LogP contribution in [-0.4, -0.2) is 116 Å². The van der Waals surface area contributed by atoms with Crippen molar-refractivity contribution < 1.29 is 52.6 Å². The highest BCUT2D eigenvalue weighted by Crippen LogP contribution is 1.89. The first-order valence-electron chi connectivity index (χ1n) is 10.6. The maximum absolute atomic E-state index is 11.1. The number of carbonyl (C=O) groups excluding carboxylic acids is 1. The molecule has 0 saturated heterocycles. The van der Waals surface area contributed by atoms with Gasteiger partial charge < -0.3 is 43.0 Å². The van der Waals surface area contributed by atoms with E-state index < -0.39 is 5.97 Å². The smallest absolute Gasteiger partial charge is 0.308 e. The molecule has 0 spiro atoms. The highest BCUT2D eigenvalue weighted by Gasteiger charge is 2.00. The van der Waals surface area contributed by atoms with Gasteiger partial charge in [-0.25, -0.2) is 0 Å². The maximum Gasteiger partial charge on any atom is 0.308 e. The van der Waals surface area contributed by atoms with Crippen molar-refractivity contribution in [1.29, 1.82) is 0 Å². The van der Waals surface area contributed by atoms with Crippen LogP contribution in [0.25, 0.3) is 0 Å². The third-order valence-corrected chi connectivity index (χ3v) is 3.45. The molecule has 0 unspecified atom stereocenters. The Morgan fingerprint density at radius 2 is 0.806 bits per heavy atom. The van der Waals surface area contributed by atoms with E-state index in [1.807, 2.05) is 0 Å². The zero-order valence-electron chi connectivity index (χ0n) is 18.6. The Balaban J connectivity index is 3.05. The number of rotatable bonds is 25. The largest absolute Gasteiger partial charge is 0.481 e. The number of carbonyl (C=O) groups is 2. The molecule has 0 aliphatic heterocycles. The van der Waals surface area contributed by atoms with Crippen LogP contribution in [0.15, 0.2) is 0 Å². The fraction of sp³-hybridized carbons (Fsp3) is 0.900. The van der Waals surface area contributed by atoms with Crippen LogP contribution in [0, 0.1) is 0 Å². The van der Waals surface area contributed by atoms with Crippen molar-refractivity contribution in [3.8, 4) is 0 Å². The number of aliphatic carboxylic acids is 1. The van der Waals surface area contributed by atoms with Gasteiger partial charge >= 0.3 is 11.9 Å². The lowest BCUT2D eigenvalue weighted by molar-refractivity contribution is -0.144. The summed E-state index contributed by atoms with van der Waals surface area (Å²) in [4.78, 5) is 21.4. The summed E-state index contributed by atoms with van der Waals surface area (Å²) >= 11 is 0. The first-order valence-corrected chi connectivity index (χ1v) is 10.6. The molecule has 0 aliphatic rings. The van der Waals surface area contributed by atoms with Crippen molar-refractivity contribution in [1.82, 2.24) is 0 Å². The fourth-order valence-corrected chi connectivity index (χ4v) is 1.97. The number of carboxylic acids is 1. The molecule has 0 fully saturated rings. The molecular weight excluding hydrogens is 416 g/mol. The Kier molecular flexibility index (Phi) is 23.8. The summed E-state index contributed by atoms with van der Waals surface area (Å²) in [7, 11) is 0. The zero-order chi connectivity index (χ0) is 22.8. The number of hydrogen-bond donors (Lipinski definition) is 1. The lowest BCUT2D eigenvalue weighted by atomic mass is 10.5. The highest BCUT2D eigenvalue weighted by atomic mass is 16.6. The summed E-state index contributed by atoms with van der Waals surface area (Å²) < 4.78 is 41.9. The van der Waals surface area contributed by atoms with Gasteiger partial charge in [0.1, 0.15) is 0 Å². The van der Waals surface area contributed by atoms with Crippen LogP contribution in [0.5, 0.6) is 0 Å². The quantitative estimate of drug-likeness (QED) is 0.153. The lowest BCUT2D eigenvalue weighted by Gasteiger charge is -2.08. The second-order valence-corrected chi connectivity index (χ2v) is 5.99. The average molecular weight is 455 g/mol. The van der Waals surface area contributed by atoms with E-state index in [4.69, 9.17) is 43.0 Å². The van der Waals surface area contributed by atoms with Crippen LogP contribution in [0.3, 0.4) is 0 Å². The van der Waals surface area contributed by atoms with Crippen LogP contribution < -0.4 is 0 Å². The van der Waals surface area contributed by atoms with Crippen LogP contribution in [-0.2, 0) is 47.5 Å². The summed E-state index contributed by atoms with van der Waals surface area (Å²) in [5, 5.41) is 8.44. The Morgan fingerprint density at radius 3 is 1.10 bits per heavy atom. The molecule has 0 saturated carbocycles. The summed E-state index contributed by atoms with van der Waals surface area (Å²) in [5.74, 6) is -1.13. The molecule has 0 aromatic heterocycles. The van der Waals surface area contributed by atoms with E-state index in [9.17, 15) is 9.59 Å². The van der Waals surface area contributed by atoms with Gasteiger partial charge in [-0.2, -0.15) is 0 Å². The van der Waals surface area contributed by atoms with Crippen molar-refractivity contribution in [2.75, 3.05) is 99.1 Å². The monoisotopic (exact) mass is 454 g/mol. The Hall–Kier alpha value is -1.34. The van der Waals surface area contributed by atoms with Crippen LogP contribution >= 0.6 is 0 Å². The van der Waals surface area contributed by atoms with Crippen molar-refractivity contribution in [2.45, 2.75) is 19.8 Å². The molecule has 0 radical (unpaired) electrons. The maximum atomic E-state index is 11.1. The first kappa shape index (κ1) is 29.7. The molecule has 0 bridgehead atoms. The van der Waals surface area contributed by atoms with Gasteiger partial charge in [-0.05, 0) is 6.92 Å². The predicted molar refractivity (Wildman–Crippen MR) is 109 cm³/mol. The molecule has 1 N–H and O–H groups in total. The SMILES string of the molecule is CCOC(=O)CCOCCOCCOCCOCCOCCOCCOCCC(=O)O. The van der Waals surface area contributed by atoms with E-state index in [0.717, 1.165) is 0 Å². The molecule has 11 heteroatoms. The van der Waals surface area contributed by atoms with Gasteiger partial charge in [0.15, 0.2) is 0 Å². The van der Waals surface area contributed by atoms with Gasteiger partial charge in [0.05, 0.1) is 112 Å². The summed E-state index contributed by atoms with van der Waals surface area (Å²) in [5.41, 5.74) is 0. The van der Waals surface area contributed by atoms with Crippen molar-refractivity contribution in [3.05, 3.63) is 0 Å². The molecular formula is C20H38O11. The van der Waals surface area contributed by atoms with Gasteiger partial charge in [-0.1, -0.05) is 0 Å². The minimum Gasteiger partial charge on any atom is -0.481 e. The Bertz CT molecular complexity index is 407. The molecule has 0 atom stereocenters. The molecule has 11 nitrogen and oxygen atoms in total. The van der Waals surface area contributed by atoms with E-state index in [1.165, 1.54) is 0 Å². The van der Waals surface area contributed by atoms with Crippen LogP contribution in [0.4, 0.5) is 0 Å². The van der Waals surface area contributed by atoms with E-state index in [0.29, 0.717) is 92.5 Å². The van der Waals surface area contributed by atoms with Crippen molar-refractivity contribution in [2.24, 2.45) is 0 Å². The molecule has 0 heterocycles. The topological polar surface area (TPSA) is 128 Å². The normalized spacial score (nSPS) is 11.0. The van der Waals surface area contributed by atoms with E-state index in [2.05, 4.69) is 0 Å². The van der Waals surface area contributed by atoms with E-state index in [-0.39, 0.29) is 25.4 Å². The minimum absolute atomic E-state index is 0.00171. The predicted octanol–water partition coefficient (Wildman–Crippen LogP) is 0.531. The minimum atomic E-state index is -0.875. The number of carboxylic acid groups (broad SMARTS) is 1. The van der Waals surface area contributed by atoms with Gasteiger partial charge in [-0.15, -0.1) is 0 Å². The van der Waals surface area contributed by atoms with Crippen molar-refractivity contribution >= 4 is 11.9 Å². The van der Waals surface area contributed by atoms with Gasteiger partial charge in [0.2, 0.25) is 0 Å². The molecule has 0 rings (SSSR count). The molecule has 0 aromatic carbocycles.